The molecule has 1 atom stereocenters. The molecular weight excluding hydrogens is 1200 g/mol. The zero-order valence-corrected chi connectivity index (χ0v) is 51.0. The van der Waals surface area contributed by atoms with Crippen LogP contribution >= 0.6 is 0 Å². The maximum absolute atomic E-state index is 14.8. The maximum atomic E-state index is 14.8. The minimum Gasteiger partial charge on any atom is -0.455 e. The highest BCUT2D eigenvalue weighted by Crippen LogP contribution is 2.46. The quantitative estimate of drug-likeness (QED) is 0.123. The van der Waals surface area contributed by atoms with Crippen LogP contribution in [0.2, 0.25) is 0 Å². The van der Waals surface area contributed by atoms with Gasteiger partial charge >= 0.3 is 0 Å². The molecule has 0 fully saturated rings. The minimum absolute atomic E-state index is 0.0636. The number of amides is 2. The molecule has 0 spiro atoms. The van der Waals surface area contributed by atoms with Gasteiger partial charge < -0.3 is 24.0 Å². The lowest BCUT2D eigenvalue weighted by Gasteiger charge is -2.26. The van der Waals surface area contributed by atoms with Gasteiger partial charge in [-0.2, -0.15) is 0 Å². The van der Waals surface area contributed by atoms with E-state index in [1.54, 1.807) is 66.7 Å². The molecule has 13 aromatic rings. The number of aryl methyl sites for hydroxylation is 1. The molecule has 1 aliphatic rings. The Morgan fingerprint density at radius 2 is 1.07 bits per heavy atom. The highest BCUT2D eigenvalue weighted by atomic mass is 32.2. The van der Waals surface area contributed by atoms with Gasteiger partial charge in [0.15, 0.2) is 0 Å². The van der Waals surface area contributed by atoms with Gasteiger partial charge in [-0.05, 0) is 141 Å². The van der Waals surface area contributed by atoms with Gasteiger partial charge in [-0.1, -0.05) is 18.2 Å². The van der Waals surface area contributed by atoms with Crippen LogP contribution in [0.1, 0.15) is 45.1 Å². The van der Waals surface area contributed by atoms with Crippen molar-refractivity contribution < 1.29 is 52.8 Å². The highest BCUT2D eigenvalue weighted by Gasteiger charge is 2.31. The van der Waals surface area contributed by atoms with Crippen LogP contribution < -0.4 is 19.2 Å². The van der Waals surface area contributed by atoms with Crippen molar-refractivity contribution in [2.45, 2.75) is 26.3 Å². The fourth-order valence-electron chi connectivity index (χ4n) is 12.0. The van der Waals surface area contributed by atoms with Crippen LogP contribution in [-0.4, -0.2) is 93.3 Å². The summed E-state index contributed by atoms with van der Waals surface area (Å²) in [4.78, 5) is 41.2. The third-order valence-corrected chi connectivity index (χ3v) is 18.9. The molecular formula is C67H53F4N9O8S2. The molecule has 0 bridgehead atoms. The molecule has 0 radical (unpaired) electrons. The summed E-state index contributed by atoms with van der Waals surface area (Å²) in [6, 6.07) is 38.3. The SMILES string of the molecule is CNC(=O)c1c(-c2ccc(F)cc2)oc2cc(N(C)S(C)(=O)=O)c(-c3ccc4c(n3)-c3cc5c(F)cccc5n3C(C)C4)cc12.CNC(=O)c1c(-c2ccc(F)cc2)oc2cc(N(C)S(C)(=O)=O)c(-c3ccc4nc(C)n5c6cccc(F)c6cc5c4n3)cc12. The molecule has 2 N–H and O–H groups in total. The summed E-state index contributed by atoms with van der Waals surface area (Å²) in [6.45, 7) is 3.91. The van der Waals surface area contributed by atoms with Gasteiger partial charge in [0, 0.05) is 90.2 Å². The zero-order chi connectivity index (χ0) is 63.6. The second-order valence-corrected chi connectivity index (χ2v) is 26.1. The normalized spacial score (nSPS) is 13.2. The third kappa shape index (κ3) is 9.80. The number of carbonyl (C=O) groups excluding carboxylic acids is 2. The van der Waals surface area contributed by atoms with Crippen LogP contribution in [0.15, 0.2) is 154 Å². The van der Waals surface area contributed by atoms with Crippen molar-refractivity contribution in [2.75, 3.05) is 49.3 Å². The molecule has 6 aromatic carbocycles. The molecule has 1 unspecified atom stereocenters. The Kier molecular flexibility index (Phi) is 14.2. The number of hydrogen-bond acceptors (Lipinski definition) is 11. The lowest BCUT2D eigenvalue weighted by atomic mass is 9.96. The number of sulfonamides is 2. The summed E-state index contributed by atoms with van der Waals surface area (Å²) in [7, 11) is -1.66. The summed E-state index contributed by atoms with van der Waals surface area (Å²) in [5.74, 6) is -1.39. The number of anilines is 2. The van der Waals surface area contributed by atoms with E-state index in [2.05, 4.69) is 22.1 Å². The predicted octanol–water partition coefficient (Wildman–Crippen LogP) is 13.4. The standard InChI is InChI=1S/C34H28F2N4O4S.C33H25F2N5O4S/c1-18-14-20-10-13-26(38-32(20)29-16-22-25(36)6-5-7-27(22)40(18)29)23-15-24-30(17-28(23)39(3)45(4,42)43)44-33(31(24)34(41)37-2)19-8-11-21(35)12-9-19;1-17-37-25-13-12-24(38-31(25)28-15-20-23(35)6-5-7-26(20)40(17)28)21-14-22-29(16-27(21)39(3)45(4,42)43)44-32(30(22)33(41)36-2)18-8-10-19(34)11-9-18/h5-13,15-18H,14H2,1-4H3,(H,37,41);5-16H,1-4H3,(H,36,41). The Labute approximate surface area is 511 Å². The lowest BCUT2D eigenvalue weighted by Crippen LogP contribution is -2.25. The minimum atomic E-state index is -3.76. The fourth-order valence-corrected chi connectivity index (χ4v) is 13.0. The number of aromatic nitrogens is 5. The summed E-state index contributed by atoms with van der Waals surface area (Å²) in [5, 5.41) is 7.03. The summed E-state index contributed by atoms with van der Waals surface area (Å²) >= 11 is 0. The number of halogens is 4. The van der Waals surface area contributed by atoms with Crippen molar-refractivity contribution in [3.63, 3.8) is 0 Å². The predicted molar refractivity (Wildman–Crippen MR) is 341 cm³/mol. The number of fused-ring (bicyclic) bond motifs is 12. The van der Waals surface area contributed by atoms with Gasteiger partial charge in [-0.3, -0.25) is 22.6 Å². The molecule has 0 aliphatic carbocycles. The highest BCUT2D eigenvalue weighted by molar-refractivity contribution is 7.92. The average molecular weight is 1250 g/mol. The number of nitrogens with zero attached hydrogens (tertiary/aromatic N) is 7. The fraction of sp³-hybridized carbons (Fsp3) is 0.149. The van der Waals surface area contributed by atoms with Gasteiger partial charge in [-0.15, -0.1) is 0 Å². The van der Waals surface area contributed by atoms with Crippen LogP contribution in [-0.2, 0) is 26.5 Å². The monoisotopic (exact) mass is 1250 g/mol. The first-order valence-electron chi connectivity index (χ1n) is 28.1. The Morgan fingerprint density at radius 3 is 1.58 bits per heavy atom. The molecule has 454 valence electrons. The molecule has 7 aromatic heterocycles. The van der Waals surface area contributed by atoms with E-state index in [-0.39, 0.29) is 62.9 Å². The Morgan fingerprint density at radius 1 is 0.578 bits per heavy atom. The topological polar surface area (TPSA) is 207 Å². The summed E-state index contributed by atoms with van der Waals surface area (Å²) in [5.41, 5.74) is 9.61. The molecule has 17 nitrogen and oxygen atoms in total. The van der Waals surface area contributed by atoms with Crippen molar-refractivity contribution in [3.8, 4) is 56.6 Å². The van der Waals surface area contributed by atoms with Crippen LogP contribution in [0.4, 0.5) is 28.9 Å². The molecule has 8 heterocycles. The van der Waals surface area contributed by atoms with Crippen LogP contribution in [0.5, 0.6) is 0 Å². The van der Waals surface area contributed by atoms with Gasteiger partial charge in [-0.25, -0.2) is 49.3 Å². The smallest absolute Gasteiger partial charge is 0.255 e. The number of carbonyl (C=O) groups is 2. The van der Waals surface area contributed by atoms with Gasteiger partial charge in [0.1, 0.15) is 57.3 Å². The van der Waals surface area contributed by atoms with E-state index in [1.165, 1.54) is 88.9 Å². The average Bonchev–Trinajstić information content (AvgIpc) is 1.65. The van der Waals surface area contributed by atoms with Crippen molar-refractivity contribution in [1.29, 1.82) is 0 Å². The van der Waals surface area contributed by atoms with Crippen molar-refractivity contribution >= 4 is 104 Å². The second kappa shape index (κ2) is 21.7. The molecule has 1 aliphatic heterocycles. The number of furan rings is 2. The van der Waals surface area contributed by atoms with Gasteiger partial charge in [0.2, 0.25) is 20.0 Å². The number of hydrogen-bond donors (Lipinski definition) is 2. The Hall–Kier alpha value is -10.4. The lowest BCUT2D eigenvalue weighted by molar-refractivity contribution is 0.0956. The molecule has 14 rings (SSSR count). The molecule has 23 heteroatoms. The molecule has 0 saturated heterocycles. The van der Waals surface area contributed by atoms with Crippen LogP contribution in [0, 0.1) is 30.2 Å². The van der Waals surface area contributed by atoms with Crippen molar-refractivity contribution in [2.24, 2.45) is 0 Å². The van der Waals surface area contributed by atoms with E-state index in [4.69, 9.17) is 23.8 Å². The molecule has 2 amide bonds. The van der Waals surface area contributed by atoms with E-state index in [0.29, 0.717) is 95.2 Å². The van der Waals surface area contributed by atoms with E-state index >= 15 is 0 Å². The second-order valence-electron chi connectivity index (χ2n) is 22.1. The summed E-state index contributed by atoms with van der Waals surface area (Å²) < 4.78 is 127. The van der Waals surface area contributed by atoms with Crippen LogP contribution in [0.3, 0.4) is 0 Å². The zero-order valence-electron chi connectivity index (χ0n) is 49.4. The van der Waals surface area contributed by atoms with Crippen molar-refractivity contribution in [3.05, 3.63) is 191 Å². The van der Waals surface area contributed by atoms with E-state index in [1.807, 2.05) is 29.5 Å². The van der Waals surface area contributed by atoms with E-state index < -0.39 is 43.5 Å². The van der Waals surface area contributed by atoms with E-state index in [0.717, 1.165) is 37.9 Å². The van der Waals surface area contributed by atoms with Crippen LogP contribution in [0.25, 0.3) is 117 Å². The number of benzene rings is 6. The first-order chi connectivity index (χ1) is 42.9. The van der Waals surface area contributed by atoms with Gasteiger partial charge in [0.25, 0.3) is 11.8 Å². The Balaban J connectivity index is 0.000000165. The first kappa shape index (κ1) is 58.6. The number of nitrogens with one attached hydrogen (secondary N) is 2. The molecule has 90 heavy (non-hydrogen) atoms. The number of pyridine rings is 2. The van der Waals surface area contributed by atoms with E-state index in [9.17, 15) is 44.0 Å². The largest absolute Gasteiger partial charge is 0.455 e. The molecule has 0 saturated carbocycles. The number of rotatable bonds is 10. The Bertz CT molecular complexity index is 5430. The maximum Gasteiger partial charge on any atom is 0.255 e. The summed E-state index contributed by atoms with van der Waals surface area (Å²) in [6.07, 6.45) is 2.85. The third-order valence-electron chi connectivity index (χ3n) is 16.5. The van der Waals surface area contributed by atoms with Gasteiger partial charge in [0.05, 0.1) is 79.9 Å². The first-order valence-corrected chi connectivity index (χ1v) is 31.8. The van der Waals surface area contributed by atoms with Crippen molar-refractivity contribution in [1.82, 2.24) is 34.6 Å².